The number of benzene rings is 4. The fraction of sp³-hybridized carbons (Fsp3) is 0.133. The van der Waals surface area contributed by atoms with Crippen LogP contribution in [0.25, 0.3) is 0 Å². The number of carbonyl (C=O) groups is 2. The van der Waals surface area contributed by atoms with E-state index in [0.29, 0.717) is 12.1 Å². The summed E-state index contributed by atoms with van der Waals surface area (Å²) in [6, 6.07) is 4.87. The fourth-order valence-electron chi connectivity index (χ4n) is 3.98. The molecule has 0 aliphatic rings. The van der Waals surface area contributed by atoms with Crippen LogP contribution < -0.4 is 9.47 Å². The van der Waals surface area contributed by atoms with Crippen LogP contribution in [0.2, 0.25) is 0 Å². The minimum Gasteiger partial charge on any atom is -0.507 e. The maximum atomic E-state index is 13.0. The molecule has 4 aromatic carbocycles. The summed E-state index contributed by atoms with van der Waals surface area (Å²) in [7, 11) is 0. The van der Waals surface area contributed by atoms with Crippen LogP contribution in [0.3, 0.4) is 0 Å². The van der Waals surface area contributed by atoms with Gasteiger partial charge in [-0.1, -0.05) is 0 Å². The van der Waals surface area contributed by atoms with Gasteiger partial charge in [-0.15, -0.1) is 0 Å². The molecule has 0 spiro atoms. The van der Waals surface area contributed by atoms with Gasteiger partial charge in [-0.3, -0.25) is 0 Å². The summed E-state index contributed by atoms with van der Waals surface area (Å²) in [5.74, 6) is -11.5. The van der Waals surface area contributed by atoms with E-state index in [9.17, 15) is 82.7 Å². The summed E-state index contributed by atoms with van der Waals surface area (Å²) in [5.41, 5.74) is -8.51. The van der Waals surface area contributed by atoms with Gasteiger partial charge in [0.05, 0.1) is 0 Å². The van der Waals surface area contributed by atoms with Crippen LogP contribution in [0, 0.1) is 0 Å². The number of hydrogen-bond donors (Lipinski definition) is 6. The molecule has 0 unspecified atom stereocenters. The molecule has 10 nitrogen and oxygen atoms in total. The fourth-order valence-corrected chi connectivity index (χ4v) is 3.98. The molecule has 0 saturated heterocycles. The molecule has 0 amide bonds. The maximum Gasteiger partial charge on any atom is 0.420 e. The van der Waals surface area contributed by atoms with E-state index < -0.39 is 116 Å². The minimum absolute atomic E-state index is 0.0414. The van der Waals surface area contributed by atoms with Gasteiger partial charge in [-0.25, -0.2) is 9.59 Å². The van der Waals surface area contributed by atoms with Crippen LogP contribution in [0.15, 0.2) is 60.7 Å². The highest BCUT2D eigenvalue weighted by Gasteiger charge is 2.43. The second-order valence-corrected chi connectivity index (χ2v) is 9.90. The zero-order valence-electron chi connectivity index (χ0n) is 24.6. The number of rotatable bonds is 6. The molecule has 0 aliphatic heterocycles. The van der Waals surface area contributed by atoms with Gasteiger partial charge >= 0.3 is 36.6 Å². The van der Waals surface area contributed by atoms with Gasteiger partial charge in [0.1, 0.15) is 79.4 Å². The summed E-state index contributed by atoms with van der Waals surface area (Å²) < 4.78 is 164. The van der Waals surface area contributed by atoms with Crippen molar-refractivity contribution >= 4 is 11.9 Å². The number of aromatic carboxylic acids is 2. The largest absolute Gasteiger partial charge is 0.507 e. The third kappa shape index (κ3) is 9.51. The quantitative estimate of drug-likeness (QED) is 0.104. The SMILES string of the molecule is O=C(O)c1ccc(Oc2cc(C(F)(F)F)c(O)c(C(F)(F)F)c2)cc1O.O=C(O)c1ccc(Oc2cc(C(F)(F)F)c(O)cc2C(F)(F)F)cc1O. The van der Waals surface area contributed by atoms with Crippen LogP contribution in [0.4, 0.5) is 52.7 Å². The first-order valence-corrected chi connectivity index (χ1v) is 13.1. The highest BCUT2D eigenvalue weighted by Crippen LogP contribution is 2.48. The molecule has 0 heterocycles. The van der Waals surface area contributed by atoms with Crippen LogP contribution in [-0.4, -0.2) is 42.6 Å². The first kappa shape index (κ1) is 40.2. The Hall–Kier alpha value is -6.22. The Kier molecular flexibility index (Phi) is 11.0. The average molecular weight is 764 g/mol. The molecule has 0 aromatic heterocycles. The molecule has 6 N–H and O–H groups in total. The summed E-state index contributed by atoms with van der Waals surface area (Å²) in [6.45, 7) is 0. The van der Waals surface area contributed by atoms with Crippen molar-refractivity contribution in [3.05, 3.63) is 94.0 Å². The minimum atomic E-state index is -5.29. The van der Waals surface area contributed by atoms with Crippen LogP contribution >= 0.6 is 0 Å². The predicted molar refractivity (Wildman–Crippen MR) is 147 cm³/mol. The summed E-state index contributed by atoms with van der Waals surface area (Å²) in [6.07, 6.45) is -20.9. The lowest BCUT2D eigenvalue weighted by molar-refractivity contribution is -0.145. The second-order valence-electron chi connectivity index (χ2n) is 9.90. The van der Waals surface area contributed by atoms with Gasteiger partial charge in [0.2, 0.25) is 0 Å². The topological polar surface area (TPSA) is 174 Å². The molecule has 22 heteroatoms. The molecule has 0 aliphatic carbocycles. The zero-order chi connectivity index (χ0) is 39.7. The van der Waals surface area contributed by atoms with Crippen molar-refractivity contribution in [3.8, 4) is 46.0 Å². The van der Waals surface area contributed by atoms with E-state index >= 15 is 0 Å². The van der Waals surface area contributed by atoms with Gasteiger partial charge in [0, 0.05) is 12.1 Å². The average Bonchev–Trinajstić information content (AvgIpc) is 2.96. The van der Waals surface area contributed by atoms with Crippen molar-refractivity contribution in [3.63, 3.8) is 0 Å². The molecule has 52 heavy (non-hydrogen) atoms. The highest BCUT2D eigenvalue weighted by atomic mass is 19.4. The number of alkyl halides is 12. The van der Waals surface area contributed by atoms with E-state index in [-0.39, 0.29) is 24.3 Å². The molecule has 4 rings (SSSR count). The molecule has 0 saturated carbocycles. The first-order valence-electron chi connectivity index (χ1n) is 13.1. The number of carboxylic acids is 2. The first-order chi connectivity index (χ1) is 23.6. The third-order valence-electron chi connectivity index (χ3n) is 6.27. The summed E-state index contributed by atoms with van der Waals surface area (Å²) >= 11 is 0. The number of hydrogen-bond acceptors (Lipinski definition) is 8. The molecule has 280 valence electrons. The number of halogens is 12. The van der Waals surface area contributed by atoms with Crippen molar-refractivity contribution in [2.45, 2.75) is 24.7 Å². The smallest absolute Gasteiger partial charge is 0.420 e. The number of carboxylic acid groups (broad SMARTS) is 2. The number of aromatic hydroxyl groups is 4. The maximum absolute atomic E-state index is 13.0. The van der Waals surface area contributed by atoms with Crippen LogP contribution in [0.5, 0.6) is 46.0 Å². The number of phenols is 4. The highest BCUT2D eigenvalue weighted by molar-refractivity contribution is 5.91. The molecular formula is C30H16F12O10. The Bertz CT molecular complexity index is 1960. The predicted octanol–water partition coefficient (Wildman–Crippen LogP) is 9.25. The van der Waals surface area contributed by atoms with E-state index in [2.05, 4.69) is 0 Å². The monoisotopic (exact) mass is 764 g/mol. The Morgan fingerprint density at radius 3 is 1.17 bits per heavy atom. The van der Waals surface area contributed by atoms with Crippen molar-refractivity contribution < 1.29 is 102 Å². The van der Waals surface area contributed by atoms with E-state index in [1.165, 1.54) is 0 Å². The zero-order valence-corrected chi connectivity index (χ0v) is 24.6. The Labute approximate surface area is 279 Å². The van der Waals surface area contributed by atoms with Crippen molar-refractivity contribution in [1.29, 1.82) is 0 Å². The van der Waals surface area contributed by atoms with Crippen LogP contribution in [-0.2, 0) is 24.7 Å². The van der Waals surface area contributed by atoms with Gasteiger partial charge in [-0.2, -0.15) is 52.7 Å². The summed E-state index contributed by atoms with van der Waals surface area (Å²) in [5, 5.41) is 55.0. The van der Waals surface area contributed by atoms with E-state index in [4.69, 9.17) is 19.7 Å². The van der Waals surface area contributed by atoms with Crippen molar-refractivity contribution in [1.82, 2.24) is 0 Å². The molecule has 0 bridgehead atoms. The van der Waals surface area contributed by atoms with Crippen molar-refractivity contribution in [2.24, 2.45) is 0 Å². The van der Waals surface area contributed by atoms with Gasteiger partial charge in [0.25, 0.3) is 0 Å². The van der Waals surface area contributed by atoms with Gasteiger partial charge in [-0.05, 0) is 48.5 Å². The Morgan fingerprint density at radius 1 is 0.442 bits per heavy atom. The Balaban J connectivity index is 0.000000280. The lowest BCUT2D eigenvalue weighted by atomic mass is 10.1. The molecule has 0 radical (unpaired) electrons. The van der Waals surface area contributed by atoms with Gasteiger partial charge < -0.3 is 40.1 Å². The van der Waals surface area contributed by atoms with E-state index in [0.717, 1.165) is 24.3 Å². The number of ether oxygens (including phenoxy) is 2. The standard InChI is InChI=1S/2C15H8F6O5/c16-14(17,18)9-3-7(4-10(12(9)23)15(19,20)21)26-6-1-2-8(13(24)25)11(22)5-6;16-14(17,18)8-5-12(9(4-11(8)23)15(19,20)21)26-6-1-2-7(13(24)25)10(22)3-6/h2*1-5,22-23H,(H,24,25). The lowest BCUT2D eigenvalue weighted by Crippen LogP contribution is -2.12. The normalized spacial score (nSPS) is 12.1. The second kappa shape index (κ2) is 14.2. The van der Waals surface area contributed by atoms with Gasteiger partial charge in [0.15, 0.2) is 0 Å². The molecule has 0 atom stereocenters. The molecular weight excluding hydrogens is 748 g/mol. The molecule has 0 fully saturated rings. The van der Waals surface area contributed by atoms with Crippen molar-refractivity contribution in [2.75, 3.05) is 0 Å². The van der Waals surface area contributed by atoms with E-state index in [1.54, 1.807) is 0 Å². The molecule has 4 aromatic rings. The number of phenolic OH excluding ortho intramolecular Hbond substituents is 2. The van der Waals surface area contributed by atoms with Crippen LogP contribution in [0.1, 0.15) is 43.0 Å². The third-order valence-corrected chi connectivity index (χ3v) is 6.27. The lowest BCUT2D eigenvalue weighted by Gasteiger charge is -2.17. The van der Waals surface area contributed by atoms with E-state index in [1.807, 2.05) is 0 Å². The Morgan fingerprint density at radius 2 is 0.827 bits per heavy atom. The summed E-state index contributed by atoms with van der Waals surface area (Å²) in [4.78, 5) is 21.5.